The fraction of sp³-hybridized carbons (Fsp3) is 0.600. The lowest BCUT2D eigenvalue weighted by Crippen LogP contribution is -2.34. The van der Waals surface area contributed by atoms with E-state index in [-0.39, 0.29) is 11.9 Å². The van der Waals surface area contributed by atoms with Crippen LogP contribution >= 0.6 is 0 Å². The smallest absolute Gasteiger partial charge is 0.130 e. The lowest BCUT2D eigenvalue weighted by atomic mass is 10.0. The quantitative estimate of drug-likeness (QED) is 0.868. The van der Waals surface area contributed by atoms with Crippen molar-refractivity contribution >= 4 is 5.69 Å². The van der Waals surface area contributed by atoms with Gasteiger partial charge in [-0.15, -0.1) is 0 Å². The Morgan fingerprint density at radius 3 is 2.83 bits per heavy atom. The molecule has 2 atom stereocenters. The molecule has 1 aromatic carbocycles. The monoisotopic (exact) mass is 250 g/mol. The van der Waals surface area contributed by atoms with Crippen LogP contribution in [0.2, 0.25) is 0 Å². The molecule has 0 amide bonds. The fourth-order valence-electron chi connectivity index (χ4n) is 2.86. The number of benzene rings is 1. The molecular weight excluding hydrogens is 227 g/mol. The molecule has 18 heavy (non-hydrogen) atoms. The van der Waals surface area contributed by atoms with Crippen molar-refractivity contribution < 1.29 is 4.39 Å². The molecular formula is C15H23FN2. The zero-order valence-corrected chi connectivity index (χ0v) is 11.3. The van der Waals surface area contributed by atoms with Gasteiger partial charge in [0.1, 0.15) is 5.82 Å². The number of hydrogen-bond acceptors (Lipinski definition) is 2. The summed E-state index contributed by atoms with van der Waals surface area (Å²) < 4.78 is 14.0. The van der Waals surface area contributed by atoms with Crippen molar-refractivity contribution in [3.63, 3.8) is 0 Å². The number of hydrogen-bond donors (Lipinski definition) is 1. The van der Waals surface area contributed by atoms with Crippen molar-refractivity contribution in [3.05, 3.63) is 29.6 Å². The van der Waals surface area contributed by atoms with E-state index in [9.17, 15) is 4.39 Å². The first-order chi connectivity index (χ1) is 8.61. The summed E-state index contributed by atoms with van der Waals surface area (Å²) in [4.78, 5) is 2.33. The third-order valence-electron chi connectivity index (χ3n) is 3.85. The van der Waals surface area contributed by atoms with E-state index in [1.165, 1.54) is 31.7 Å². The predicted molar refractivity (Wildman–Crippen MR) is 74.3 cm³/mol. The molecule has 1 saturated heterocycles. The summed E-state index contributed by atoms with van der Waals surface area (Å²) in [5.41, 5.74) is 7.58. The van der Waals surface area contributed by atoms with E-state index >= 15 is 0 Å². The van der Waals surface area contributed by atoms with Gasteiger partial charge in [0.15, 0.2) is 0 Å². The number of nitrogens with two attached hydrogens (primary N) is 1. The molecule has 0 spiro atoms. The SMILES string of the molecule is CC(N)c1c(F)cccc1N1CCCCCC1C. The highest BCUT2D eigenvalue weighted by Gasteiger charge is 2.22. The van der Waals surface area contributed by atoms with Gasteiger partial charge in [0, 0.05) is 29.9 Å². The molecule has 0 radical (unpaired) electrons. The largest absolute Gasteiger partial charge is 0.368 e. The van der Waals surface area contributed by atoms with Crippen molar-refractivity contribution in [1.82, 2.24) is 0 Å². The third-order valence-corrected chi connectivity index (χ3v) is 3.85. The molecule has 2 rings (SSSR count). The van der Waals surface area contributed by atoms with E-state index < -0.39 is 0 Å². The molecule has 100 valence electrons. The van der Waals surface area contributed by atoms with E-state index in [4.69, 9.17) is 5.73 Å². The first kappa shape index (κ1) is 13.3. The van der Waals surface area contributed by atoms with Gasteiger partial charge in [0.05, 0.1) is 0 Å². The molecule has 1 fully saturated rings. The molecule has 0 aromatic heterocycles. The van der Waals surface area contributed by atoms with Crippen molar-refractivity contribution in [2.75, 3.05) is 11.4 Å². The Morgan fingerprint density at radius 1 is 1.33 bits per heavy atom. The summed E-state index contributed by atoms with van der Waals surface area (Å²) in [6.07, 6.45) is 4.89. The van der Waals surface area contributed by atoms with Crippen molar-refractivity contribution in [2.45, 2.75) is 51.6 Å². The maximum Gasteiger partial charge on any atom is 0.130 e. The van der Waals surface area contributed by atoms with E-state index in [1.54, 1.807) is 6.07 Å². The van der Waals surface area contributed by atoms with Gasteiger partial charge in [-0.05, 0) is 38.8 Å². The highest BCUT2D eigenvalue weighted by Crippen LogP contribution is 2.31. The molecule has 0 bridgehead atoms. The molecule has 1 heterocycles. The Labute approximate surface area is 109 Å². The Hall–Kier alpha value is -1.09. The first-order valence-electron chi connectivity index (χ1n) is 6.92. The van der Waals surface area contributed by atoms with Gasteiger partial charge >= 0.3 is 0 Å². The summed E-state index contributed by atoms with van der Waals surface area (Å²) in [5.74, 6) is -0.182. The molecule has 2 unspecified atom stereocenters. The number of anilines is 1. The van der Waals surface area contributed by atoms with Crippen LogP contribution in [-0.4, -0.2) is 12.6 Å². The second kappa shape index (κ2) is 5.70. The van der Waals surface area contributed by atoms with Crippen LogP contribution in [0.4, 0.5) is 10.1 Å². The summed E-state index contributed by atoms with van der Waals surface area (Å²) >= 11 is 0. The number of halogens is 1. The molecule has 1 aliphatic rings. The Balaban J connectivity index is 2.39. The topological polar surface area (TPSA) is 29.3 Å². The highest BCUT2D eigenvalue weighted by atomic mass is 19.1. The molecule has 2 N–H and O–H groups in total. The van der Waals surface area contributed by atoms with E-state index in [0.29, 0.717) is 11.6 Å². The Morgan fingerprint density at radius 2 is 2.11 bits per heavy atom. The average Bonchev–Trinajstić information content (AvgIpc) is 2.53. The fourth-order valence-corrected chi connectivity index (χ4v) is 2.86. The second-order valence-electron chi connectivity index (χ2n) is 5.35. The zero-order chi connectivity index (χ0) is 13.1. The Bertz CT molecular complexity index is 403. The first-order valence-corrected chi connectivity index (χ1v) is 6.92. The molecule has 1 aromatic rings. The van der Waals surface area contributed by atoms with Crippen molar-refractivity contribution in [2.24, 2.45) is 5.73 Å². The summed E-state index contributed by atoms with van der Waals surface area (Å²) in [5, 5.41) is 0. The Kier molecular flexibility index (Phi) is 4.23. The van der Waals surface area contributed by atoms with Crippen molar-refractivity contribution in [3.8, 4) is 0 Å². The lowest BCUT2D eigenvalue weighted by Gasteiger charge is -2.32. The minimum absolute atomic E-state index is 0.182. The van der Waals surface area contributed by atoms with Crippen LogP contribution < -0.4 is 10.6 Å². The average molecular weight is 250 g/mol. The standard InChI is InChI=1S/C15H23FN2/c1-11-7-4-3-5-10-18(11)14-9-6-8-13(16)15(14)12(2)17/h6,8-9,11-12H,3-5,7,10,17H2,1-2H3. The normalized spacial score (nSPS) is 22.7. The molecule has 1 aliphatic heterocycles. The molecule has 3 heteroatoms. The van der Waals surface area contributed by atoms with E-state index in [0.717, 1.165) is 12.2 Å². The minimum Gasteiger partial charge on any atom is -0.368 e. The molecule has 0 aliphatic carbocycles. The van der Waals surface area contributed by atoms with Gasteiger partial charge in [-0.2, -0.15) is 0 Å². The van der Waals surface area contributed by atoms with Gasteiger partial charge in [0.2, 0.25) is 0 Å². The maximum atomic E-state index is 14.0. The van der Waals surface area contributed by atoms with Gasteiger partial charge in [0.25, 0.3) is 0 Å². The minimum atomic E-state index is -0.267. The van der Waals surface area contributed by atoms with Crippen LogP contribution in [-0.2, 0) is 0 Å². The van der Waals surface area contributed by atoms with Crippen LogP contribution in [0.15, 0.2) is 18.2 Å². The second-order valence-corrected chi connectivity index (χ2v) is 5.35. The molecule has 2 nitrogen and oxygen atoms in total. The predicted octanol–water partition coefficient (Wildman–Crippen LogP) is 3.61. The van der Waals surface area contributed by atoms with Crippen LogP contribution in [0.3, 0.4) is 0 Å². The lowest BCUT2D eigenvalue weighted by molar-refractivity contribution is 0.579. The van der Waals surface area contributed by atoms with Gasteiger partial charge in [-0.25, -0.2) is 4.39 Å². The van der Waals surface area contributed by atoms with Gasteiger partial charge in [-0.3, -0.25) is 0 Å². The van der Waals surface area contributed by atoms with E-state index in [2.05, 4.69) is 11.8 Å². The summed E-state index contributed by atoms with van der Waals surface area (Å²) in [7, 11) is 0. The number of nitrogens with zero attached hydrogens (tertiary/aromatic N) is 1. The van der Waals surface area contributed by atoms with Gasteiger partial charge < -0.3 is 10.6 Å². The summed E-state index contributed by atoms with van der Waals surface area (Å²) in [6.45, 7) is 5.08. The third kappa shape index (κ3) is 2.66. The molecule has 0 saturated carbocycles. The van der Waals surface area contributed by atoms with Crippen LogP contribution in [0.1, 0.15) is 51.1 Å². The van der Waals surface area contributed by atoms with Crippen LogP contribution in [0.25, 0.3) is 0 Å². The van der Waals surface area contributed by atoms with Gasteiger partial charge in [-0.1, -0.05) is 18.9 Å². The maximum absolute atomic E-state index is 14.0. The zero-order valence-electron chi connectivity index (χ0n) is 11.3. The number of rotatable bonds is 2. The van der Waals surface area contributed by atoms with Crippen LogP contribution in [0.5, 0.6) is 0 Å². The highest BCUT2D eigenvalue weighted by molar-refractivity contribution is 5.56. The van der Waals surface area contributed by atoms with E-state index in [1.807, 2.05) is 13.0 Å². The summed E-state index contributed by atoms with van der Waals surface area (Å²) in [6, 6.07) is 5.49. The van der Waals surface area contributed by atoms with Crippen LogP contribution in [0, 0.1) is 5.82 Å². The van der Waals surface area contributed by atoms with Crippen molar-refractivity contribution in [1.29, 1.82) is 0 Å².